The minimum atomic E-state index is -0.980. The summed E-state index contributed by atoms with van der Waals surface area (Å²) >= 11 is 1.78. The maximum Gasteiger partial charge on any atom is 0.326 e. The van der Waals surface area contributed by atoms with E-state index in [0.29, 0.717) is 11.7 Å². The van der Waals surface area contributed by atoms with Crippen molar-refractivity contribution < 1.29 is 14.7 Å². The first-order valence-electron chi connectivity index (χ1n) is 6.32. The number of hydrogen-bond acceptors (Lipinski definition) is 4. The van der Waals surface area contributed by atoms with Gasteiger partial charge in [-0.2, -0.15) is 11.8 Å². The second kappa shape index (κ2) is 6.99. The lowest BCUT2D eigenvalue weighted by molar-refractivity contribution is -0.142. The van der Waals surface area contributed by atoms with Crippen LogP contribution in [0.1, 0.15) is 33.1 Å². The highest BCUT2D eigenvalue weighted by Gasteiger charge is 2.28. The molecule has 18 heavy (non-hydrogen) atoms. The summed E-state index contributed by atoms with van der Waals surface area (Å²) in [4.78, 5) is 22.9. The molecule has 0 aliphatic carbocycles. The van der Waals surface area contributed by atoms with Gasteiger partial charge < -0.3 is 16.2 Å². The average molecular weight is 274 g/mol. The van der Waals surface area contributed by atoms with Gasteiger partial charge in [0, 0.05) is 5.25 Å². The summed E-state index contributed by atoms with van der Waals surface area (Å²) in [6, 6.07) is -1.47. The third-order valence-corrected chi connectivity index (χ3v) is 4.58. The number of rotatable bonds is 6. The van der Waals surface area contributed by atoms with E-state index in [-0.39, 0.29) is 11.8 Å². The van der Waals surface area contributed by atoms with Crippen LogP contribution in [0.3, 0.4) is 0 Å². The van der Waals surface area contributed by atoms with Crippen molar-refractivity contribution in [3.05, 3.63) is 0 Å². The molecule has 104 valence electrons. The average Bonchev–Trinajstić information content (AvgIpc) is 2.79. The number of carboxylic acid groups (broad SMARTS) is 1. The van der Waals surface area contributed by atoms with E-state index in [1.165, 1.54) is 0 Å². The zero-order chi connectivity index (χ0) is 13.7. The summed E-state index contributed by atoms with van der Waals surface area (Å²) in [5, 5.41) is 12.0. The number of carbonyl (C=O) groups is 2. The smallest absolute Gasteiger partial charge is 0.326 e. The van der Waals surface area contributed by atoms with Crippen molar-refractivity contribution in [2.45, 2.75) is 50.4 Å². The highest BCUT2D eigenvalue weighted by molar-refractivity contribution is 8.00. The van der Waals surface area contributed by atoms with E-state index in [1.54, 1.807) is 11.8 Å². The number of thioether (sulfide) groups is 1. The zero-order valence-corrected chi connectivity index (χ0v) is 11.7. The van der Waals surface area contributed by atoms with Gasteiger partial charge in [0.05, 0.1) is 6.04 Å². The lowest BCUT2D eigenvalue weighted by Crippen LogP contribution is -2.50. The van der Waals surface area contributed by atoms with Crippen molar-refractivity contribution in [1.29, 1.82) is 0 Å². The molecule has 0 spiro atoms. The Kier molecular flexibility index (Phi) is 5.95. The van der Waals surface area contributed by atoms with Crippen LogP contribution in [0.4, 0.5) is 0 Å². The van der Waals surface area contributed by atoms with Crippen LogP contribution >= 0.6 is 11.8 Å². The maximum absolute atomic E-state index is 11.8. The van der Waals surface area contributed by atoms with Gasteiger partial charge in [-0.1, -0.05) is 13.8 Å². The van der Waals surface area contributed by atoms with Crippen LogP contribution in [-0.4, -0.2) is 40.1 Å². The molecule has 1 aliphatic rings. The van der Waals surface area contributed by atoms with E-state index in [9.17, 15) is 9.59 Å². The Bertz CT molecular complexity index is 304. The molecule has 1 heterocycles. The summed E-state index contributed by atoms with van der Waals surface area (Å²) in [5.74, 6) is -0.274. The lowest BCUT2D eigenvalue weighted by atomic mass is 10.0. The minimum absolute atomic E-state index is 0.000278. The van der Waals surface area contributed by atoms with Gasteiger partial charge in [-0.05, 0) is 30.9 Å². The molecular formula is C12H22N2O3S. The van der Waals surface area contributed by atoms with Crippen LogP contribution < -0.4 is 11.1 Å². The van der Waals surface area contributed by atoms with Crippen LogP contribution in [0.15, 0.2) is 0 Å². The van der Waals surface area contributed by atoms with Crippen molar-refractivity contribution in [3.8, 4) is 0 Å². The molecule has 0 aromatic carbocycles. The molecule has 0 bridgehead atoms. The molecular weight excluding hydrogens is 252 g/mol. The van der Waals surface area contributed by atoms with Gasteiger partial charge >= 0.3 is 5.97 Å². The van der Waals surface area contributed by atoms with Gasteiger partial charge in [0.15, 0.2) is 0 Å². The fourth-order valence-corrected chi connectivity index (χ4v) is 3.21. The predicted molar refractivity (Wildman–Crippen MR) is 72.5 cm³/mol. The number of aliphatic carboxylic acids is 1. The summed E-state index contributed by atoms with van der Waals surface area (Å²) < 4.78 is 0. The van der Waals surface area contributed by atoms with Crippen LogP contribution in [0, 0.1) is 5.92 Å². The molecule has 0 radical (unpaired) electrons. The molecule has 6 heteroatoms. The Balaban J connectivity index is 2.51. The zero-order valence-electron chi connectivity index (χ0n) is 10.9. The van der Waals surface area contributed by atoms with Crippen LogP contribution in [0.2, 0.25) is 0 Å². The fraction of sp³-hybridized carbons (Fsp3) is 0.833. The summed E-state index contributed by atoms with van der Waals surface area (Å²) in [5.41, 5.74) is 5.71. The Labute approximate surface area is 112 Å². The molecule has 0 unspecified atom stereocenters. The van der Waals surface area contributed by atoms with E-state index >= 15 is 0 Å². The molecule has 5 nitrogen and oxygen atoms in total. The number of nitrogens with one attached hydrogen (secondary N) is 1. The summed E-state index contributed by atoms with van der Waals surface area (Å²) in [7, 11) is 0. The van der Waals surface area contributed by atoms with Crippen LogP contribution in [0.25, 0.3) is 0 Å². The number of hydrogen-bond donors (Lipinski definition) is 3. The van der Waals surface area contributed by atoms with Crippen LogP contribution in [0.5, 0.6) is 0 Å². The van der Waals surface area contributed by atoms with E-state index < -0.39 is 18.1 Å². The third kappa shape index (κ3) is 4.49. The number of carbonyl (C=O) groups excluding carboxylic acids is 1. The SMILES string of the molecule is CC(C)[C@H](N)C(=O)N[C@@H](C[C@@H]1CCCS1)C(=O)O. The minimum Gasteiger partial charge on any atom is -0.480 e. The van der Waals surface area contributed by atoms with Crippen molar-refractivity contribution in [1.82, 2.24) is 5.32 Å². The molecule has 1 rings (SSSR count). The quantitative estimate of drug-likeness (QED) is 0.667. The molecule has 0 saturated carbocycles. The highest BCUT2D eigenvalue weighted by atomic mass is 32.2. The number of amides is 1. The lowest BCUT2D eigenvalue weighted by Gasteiger charge is -2.21. The third-order valence-electron chi connectivity index (χ3n) is 3.16. The summed E-state index contributed by atoms with van der Waals surface area (Å²) in [6.45, 7) is 3.68. The van der Waals surface area contributed by atoms with Gasteiger partial charge in [-0.3, -0.25) is 4.79 Å². The molecule has 3 atom stereocenters. The monoisotopic (exact) mass is 274 g/mol. The van der Waals surface area contributed by atoms with Crippen molar-refractivity contribution in [2.24, 2.45) is 11.7 Å². The number of nitrogens with two attached hydrogens (primary N) is 1. The van der Waals surface area contributed by atoms with E-state index in [2.05, 4.69) is 5.32 Å². The normalized spacial score (nSPS) is 22.8. The Hall–Kier alpha value is -0.750. The molecule has 0 aromatic rings. The van der Waals surface area contributed by atoms with Crippen molar-refractivity contribution >= 4 is 23.6 Å². The maximum atomic E-state index is 11.8. The van der Waals surface area contributed by atoms with Crippen LogP contribution in [-0.2, 0) is 9.59 Å². The van der Waals surface area contributed by atoms with E-state index in [4.69, 9.17) is 10.8 Å². The topological polar surface area (TPSA) is 92.4 Å². The van der Waals surface area contributed by atoms with E-state index in [1.807, 2.05) is 13.8 Å². The largest absolute Gasteiger partial charge is 0.480 e. The first kappa shape index (κ1) is 15.3. The molecule has 0 aromatic heterocycles. The van der Waals surface area contributed by atoms with Crippen molar-refractivity contribution in [3.63, 3.8) is 0 Å². The van der Waals surface area contributed by atoms with Gasteiger partial charge in [0.2, 0.25) is 5.91 Å². The van der Waals surface area contributed by atoms with Gasteiger partial charge in [-0.15, -0.1) is 0 Å². The van der Waals surface area contributed by atoms with Gasteiger partial charge in [0.1, 0.15) is 6.04 Å². The highest BCUT2D eigenvalue weighted by Crippen LogP contribution is 2.29. The Morgan fingerprint density at radius 3 is 2.61 bits per heavy atom. The Morgan fingerprint density at radius 2 is 2.17 bits per heavy atom. The molecule has 1 amide bonds. The molecule has 1 fully saturated rings. The van der Waals surface area contributed by atoms with Gasteiger partial charge in [0.25, 0.3) is 0 Å². The molecule has 1 aliphatic heterocycles. The molecule has 4 N–H and O–H groups in total. The number of carboxylic acids is 1. The first-order valence-corrected chi connectivity index (χ1v) is 7.37. The van der Waals surface area contributed by atoms with Crippen molar-refractivity contribution in [2.75, 3.05) is 5.75 Å². The first-order chi connectivity index (χ1) is 8.41. The predicted octanol–water partition coefficient (Wildman–Crippen LogP) is 0.825. The summed E-state index contributed by atoms with van der Waals surface area (Å²) in [6.07, 6.45) is 2.64. The fourth-order valence-electron chi connectivity index (χ4n) is 1.89. The van der Waals surface area contributed by atoms with E-state index in [0.717, 1.165) is 18.6 Å². The standard InChI is InChI=1S/C12H22N2O3S/c1-7(2)10(13)11(15)14-9(12(16)17)6-8-4-3-5-18-8/h7-10H,3-6,13H2,1-2H3,(H,14,15)(H,16,17)/t8-,9-,10-/m0/s1. The second-order valence-electron chi connectivity index (χ2n) is 5.04. The van der Waals surface area contributed by atoms with Gasteiger partial charge in [-0.25, -0.2) is 4.79 Å². The molecule has 1 saturated heterocycles. The second-order valence-corrected chi connectivity index (χ2v) is 6.45. The Morgan fingerprint density at radius 1 is 1.50 bits per heavy atom.